The van der Waals surface area contributed by atoms with Gasteiger partial charge in [-0.05, 0) is 29.8 Å². The van der Waals surface area contributed by atoms with Crippen molar-refractivity contribution in [1.29, 1.82) is 0 Å². The minimum absolute atomic E-state index is 0.0867. The van der Waals surface area contributed by atoms with Gasteiger partial charge in [0.1, 0.15) is 0 Å². The van der Waals surface area contributed by atoms with Crippen molar-refractivity contribution in [2.75, 3.05) is 7.11 Å². The molecular formula is C16H14BrN3O5. The van der Waals surface area contributed by atoms with Crippen LogP contribution < -0.4 is 10.2 Å². The van der Waals surface area contributed by atoms with Gasteiger partial charge in [-0.1, -0.05) is 28.1 Å². The number of hydrogen-bond acceptors (Lipinski definition) is 6. The Hall–Kier alpha value is -2.94. The van der Waals surface area contributed by atoms with Crippen LogP contribution in [0.2, 0.25) is 0 Å². The number of hydrazone groups is 1. The van der Waals surface area contributed by atoms with Gasteiger partial charge >= 0.3 is 5.69 Å². The second kappa shape index (κ2) is 8.25. The van der Waals surface area contributed by atoms with Crippen LogP contribution in [0, 0.1) is 10.1 Å². The van der Waals surface area contributed by atoms with Crippen LogP contribution in [0.4, 0.5) is 5.69 Å². The SMILES string of the molecule is COc1c(O)ccc(/C=N\NC(=O)Cc2ccc(Br)cc2)c1[N+](=O)[O-]. The molecular weight excluding hydrogens is 394 g/mol. The summed E-state index contributed by atoms with van der Waals surface area (Å²) < 4.78 is 5.76. The minimum atomic E-state index is -0.691. The van der Waals surface area contributed by atoms with Gasteiger partial charge in [-0.3, -0.25) is 14.9 Å². The molecule has 2 N–H and O–H groups in total. The zero-order chi connectivity index (χ0) is 18.4. The summed E-state index contributed by atoms with van der Waals surface area (Å²) >= 11 is 3.31. The van der Waals surface area contributed by atoms with Gasteiger partial charge in [-0.25, -0.2) is 5.43 Å². The zero-order valence-electron chi connectivity index (χ0n) is 13.1. The number of phenols is 1. The molecule has 130 valence electrons. The molecule has 25 heavy (non-hydrogen) atoms. The van der Waals surface area contributed by atoms with Crippen molar-refractivity contribution in [3.63, 3.8) is 0 Å². The molecule has 2 aromatic carbocycles. The number of ether oxygens (including phenoxy) is 1. The van der Waals surface area contributed by atoms with Gasteiger partial charge in [-0.2, -0.15) is 5.10 Å². The summed E-state index contributed by atoms with van der Waals surface area (Å²) in [6.45, 7) is 0. The van der Waals surface area contributed by atoms with E-state index >= 15 is 0 Å². The fourth-order valence-corrected chi connectivity index (χ4v) is 2.33. The van der Waals surface area contributed by atoms with E-state index in [9.17, 15) is 20.0 Å². The smallest absolute Gasteiger partial charge is 0.323 e. The lowest BCUT2D eigenvalue weighted by atomic mass is 10.1. The average Bonchev–Trinajstić information content (AvgIpc) is 2.57. The van der Waals surface area contributed by atoms with Gasteiger partial charge in [0.05, 0.1) is 30.2 Å². The molecule has 0 saturated carbocycles. The number of nitrogens with one attached hydrogen (secondary N) is 1. The second-order valence-electron chi connectivity index (χ2n) is 4.91. The molecule has 2 aromatic rings. The maximum atomic E-state index is 11.8. The highest BCUT2D eigenvalue weighted by atomic mass is 79.9. The number of halogens is 1. The van der Waals surface area contributed by atoms with Crippen molar-refractivity contribution in [3.05, 3.63) is 62.1 Å². The molecule has 0 bridgehead atoms. The number of carbonyl (C=O) groups is 1. The molecule has 0 spiro atoms. The van der Waals surface area contributed by atoms with Gasteiger partial charge in [-0.15, -0.1) is 0 Å². The van der Waals surface area contributed by atoms with E-state index in [1.54, 1.807) is 12.1 Å². The highest BCUT2D eigenvalue weighted by molar-refractivity contribution is 9.10. The second-order valence-corrected chi connectivity index (χ2v) is 5.82. The summed E-state index contributed by atoms with van der Waals surface area (Å²) in [5.74, 6) is -0.993. The molecule has 0 radical (unpaired) electrons. The van der Waals surface area contributed by atoms with Gasteiger partial charge in [0, 0.05) is 4.47 Å². The Balaban J connectivity index is 2.10. The first-order valence-electron chi connectivity index (χ1n) is 7.03. The molecule has 0 atom stereocenters. The van der Waals surface area contributed by atoms with Gasteiger partial charge in [0.25, 0.3) is 0 Å². The average molecular weight is 408 g/mol. The molecule has 2 rings (SSSR count). The molecule has 0 heterocycles. The zero-order valence-corrected chi connectivity index (χ0v) is 14.7. The lowest BCUT2D eigenvalue weighted by Gasteiger charge is -2.06. The molecule has 0 unspecified atom stereocenters. The van der Waals surface area contributed by atoms with Crippen LogP contribution in [0.25, 0.3) is 0 Å². The Morgan fingerprint density at radius 1 is 1.36 bits per heavy atom. The van der Waals surface area contributed by atoms with E-state index in [1.807, 2.05) is 12.1 Å². The molecule has 9 heteroatoms. The summed E-state index contributed by atoms with van der Waals surface area (Å²) in [6, 6.07) is 9.78. The first-order valence-corrected chi connectivity index (χ1v) is 7.82. The van der Waals surface area contributed by atoms with Gasteiger partial charge < -0.3 is 9.84 Å². The van der Waals surface area contributed by atoms with E-state index in [1.165, 1.54) is 19.2 Å². The molecule has 0 aromatic heterocycles. The predicted octanol–water partition coefficient (Wildman–Crippen LogP) is 2.76. The minimum Gasteiger partial charge on any atom is -0.504 e. The lowest BCUT2D eigenvalue weighted by molar-refractivity contribution is -0.386. The van der Waals surface area contributed by atoms with E-state index in [0.29, 0.717) is 0 Å². The molecule has 0 fully saturated rings. The van der Waals surface area contributed by atoms with E-state index in [0.717, 1.165) is 16.3 Å². The van der Waals surface area contributed by atoms with Crippen molar-refractivity contribution < 1.29 is 19.6 Å². The number of benzene rings is 2. The van der Waals surface area contributed by atoms with Crippen LogP contribution in [0.5, 0.6) is 11.5 Å². The van der Waals surface area contributed by atoms with E-state index in [-0.39, 0.29) is 29.4 Å². The van der Waals surface area contributed by atoms with Crippen molar-refractivity contribution in [2.45, 2.75) is 6.42 Å². The summed E-state index contributed by atoms with van der Waals surface area (Å²) in [4.78, 5) is 22.3. The van der Waals surface area contributed by atoms with Gasteiger partial charge in [0.2, 0.25) is 11.7 Å². The first kappa shape index (κ1) is 18.4. The first-order chi connectivity index (χ1) is 11.9. The van der Waals surface area contributed by atoms with Crippen LogP contribution in [0.15, 0.2) is 46.0 Å². The van der Waals surface area contributed by atoms with E-state index in [2.05, 4.69) is 26.5 Å². The molecule has 0 saturated heterocycles. The fourth-order valence-electron chi connectivity index (χ4n) is 2.07. The Labute approximate surface area is 151 Å². The molecule has 0 aliphatic heterocycles. The van der Waals surface area contributed by atoms with E-state index in [4.69, 9.17) is 4.74 Å². The number of carbonyl (C=O) groups excluding carboxylic acids is 1. The van der Waals surface area contributed by atoms with E-state index < -0.39 is 10.6 Å². The summed E-state index contributed by atoms with van der Waals surface area (Å²) in [5, 5.41) is 24.5. The van der Waals surface area contributed by atoms with Crippen LogP contribution in [-0.4, -0.2) is 29.3 Å². The number of hydrogen-bond donors (Lipinski definition) is 2. The summed E-state index contributed by atoms with van der Waals surface area (Å²) in [5.41, 5.74) is 2.75. The number of rotatable bonds is 6. The fraction of sp³-hybridized carbons (Fsp3) is 0.125. The third kappa shape index (κ3) is 4.77. The highest BCUT2D eigenvalue weighted by Crippen LogP contribution is 2.37. The molecule has 0 aliphatic rings. The Bertz CT molecular complexity index is 821. The number of aromatic hydroxyl groups is 1. The largest absolute Gasteiger partial charge is 0.504 e. The number of nitrogens with zero attached hydrogens (tertiary/aromatic N) is 2. The lowest BCUT2D eigenvalue weighted by Crippen LogP contribution is -2.19. The molecule has 0 aliphatic carbocycles. The summed E-state index contributed by atoms with van der Waals surface area (Å²) in [6.07, 6.45) is 1.24. The maximum Gasteiger partial charge on any atom is 0.323 e. The topological polar surface area (TPSA) is 114 Å². The van der Waals surface area contributed by atoms with Crippen LogP contribution in [-0.2, 0) is 11.2 Å². The third-order valence-corrected chi connectivity index (χ3v) is 3.73. The summed E-state index contributed by atoms with van der Waals surface area (Å²) in [7, 11) is 1.21. The van der Waals surface area contributed by atoms with Crippen molar-refractivity contribution in [1.82, 2.24) is 5.43 Å². The quantitative estimate of drug-likeness (QED) is 0.434. The third-order valence-electron chi connectivity index (χ3n) is 3.20. The van der Waals surface area contributed by atoms with Crippen molar-refractivity contribution in [2.24, 2.45) is 5.10 Å². The van der Waals surface area contributed by atoms with Crippen LogP contribution in [0.1, 0.15) is 11.1 Å². The normalized spacial score (nSPS) is 10.6. The number of amides is 1. The number of methoxy groups -OCH3 is 1. The molecule has 1 amide bonds. The predicted molar refractivity (Wildman–Crippen MR) is 94.9 cm³/mol. The number of nitro groups is 1. The van der Waals surface area contributed by atoms with Crippen molar-refractivity contribution in [3.8, 4) is 11.5 Å². The Kier molecular flexibility index (Phi) is 6.07. The van der Waals surface area contributed by atoms with Gasteiger partial charge in [0.15, 0.2) is 5.75 Å². The Morgan fingerprint density at radius 3 is 2.64 bits per heavy atom. The molecule has 8 nitrogen and oxygen atoms in total. The monoisotopic (exact) mass is 407 g/mol. The number of phenolic OH excluding ortho intramolecular Hbond substituents is 1. The standard InChI is InChI=1S/C16H14BrN3O5/c1-25-16-13(21)7-4-11(15(16)20(23)24)9-18-19-14(22)8-10-2-5-12(17)6-3-10/h2-7,9,21H,8H2,1H3,(H,19,22)/b18-9-. The van der Waals surface area contributed by atoms with Crippen molar-refractivity contribution >= 4 is 33.7 Å². The van der Waals surface area contributed by atoms with Crippen LogP contribution in [0.3, 0.4) is 0 Å². The highest BCUT2D eigenvalue weighted by Gasteiger charge is 2.23. The Morgan fingerprint density at radius 2 is 2.04 bits per heavy atom. The number of nitro benzene ring substituents is 1. The van der Waals surface area contributed by atoms with Crippen LogP contribution >= 0.6 is 15.9 Å². The maximum absolute atomic E-state index is 11.8.